The number of sulfonamides is 1. The van der Waals surface area contributed by atoms with Gasteiger partial charge in [0.15, 0.2) is 5.11 Å². The van der Waals surface area contributed by atoms with Gasteiger partial charge in [-0.05, 0) is 55.5 Å². The number of furan rings is 1. The Balaban J connectivity index is 2.00. The Kier molecular flexibility index (Phi) is 5.53. The van der Waals surface area contributed by atoms with E-state index >= 15 is 0 Å². The molecule has 0 spiro atoms. The fourth-order valence-electron chi connectivity index (χ4n) is 1.72. The van der Waals surface area contributed by atoms with Crippen LogP contribution in [0.2, 0.25) is 0 Å². The van der Waals surface area contributed by atoms with Gasteiger partial charge in [0.2, 0.25) is 10.0 Å². The van der Waals surface area contributed by atoms with E-state index in [1.165, 1.54) is 18.4 Å². The molecule has 2 rings (SSSR count). The average molecular weight is 339 g/mol. The minimum atomic E-state index is -3.58. The van der Waals surface area contributed by atoms with Crippen molar-refractivity contribution in [1.82, 2.24) is 10.0 Å². The molecule has 3 N–H and O–H groups in total. The smallest absolute Gasteiger partial charge is 0.240 e. The SMILES string of the molecule is CCNC(=S)Nc1ccc(S(=O)(=O)NCc2ccco2)cc1. The number of thiocarbonyl (C=S) groups is 1. The largest absolute Gasteiger partial charge is 0.468 e. The minimum absolute atomic E-state index is 0.111. The summed E-state index contributed by atoms with van der Waals surface area (Å²) in [6.07, 6.45) is 1.50. The summed E-state index contributed by atoms with van der Waals surface area (Å²) in [5, 5.41) is 6.41. The van der Waals surface area contributed by atoms with Gasteiger partial charge in [-0.3, -0.25) is 0 Å². The van der Waals surface area contributed by atoms with Gasteiger partial charge in [-0.15, -0.1) is 0 Å². The fraction of sp³-hybridized carbons (Fsp3) is 0.214. The highest BCUT2D eigenvalue weighted by molar-refractivity contribution is 7.89. The second-order valence-electron chi connectivity index (χ2n) is 4.41. The lowest BCUT2D eigenvalue weighted by atomic mass is 10.3. The van der Waals surface area contributed by atoms with Crippen molar-refractivity contribution in [2.45, 2.75) is 18.4 Å². The molecular formula is C14H17N3O3S2. The molecule has 0 atom stereocenters. The van der Waals surface area contributed by atoms with Crippen LogP contribution in [0.4, 0.5) is 5.69 Å². The predicted molar refractivity (Wildman–Crippen MR) is 89.1 cm³/mol. The number of benzene rings is 1. The molecule has 6 nitrogen and oxygen atoms in total. The van der Waals surface area contributed by atoms with Gasteiger partial charge < -0.3 is 15.1 Å². The van der Waals surface area contributed by atoms with Crippen molar-refractivity contribution in [2.24, 2.45) is 0 Å². The molecule has 2 aromatic rings. The maximum atomic E-state index is 12.2. The molecule has 0 saturated heterocycles. The van der Waals surface area contributed by atoms with E-state index in [2.05, 4.69) is 15.4 Å². The van der Waals surface area contributed by atoms with Crippen molar-refractivity contribution in [2.75, 3.05) is 11.9 Å². The summed E-state index contributed by atoms with van der Waals surface area (Å²) < 4.78 is 31.9. The molecule has 0 aliphatic carbocycles. The predicted octanol–water partition coefficient (Wildman–Crippen LogP) is 2.06. The normalized spacial score (nSPS) is 11.1. The summed E-state index contributed by atoms with van der Waals surface area (Å²) in [4.78, 5) is 0.180. The van der Waals surface area contributed by atoms with E-state index in [-0.39, 0.29) is 11.4 Å². The van der Waals surface area contributed by atoms with Gasteiger partial charge in [0.05, 0.1) is 17.7 Å². The summed E-state index contributed by atoms with van der Waals surface area (Å²) in [6.45, 7) is 2.77. The first-order valence-corrected chi connectivity index (χ1v) is 8.57. The Morgan fingerprint density at radius 1 is 1.23 bits per heavy atom. The third-order valence-corrected chi connectivity index (χ3v) is 4.44. The number of rotatable bonds is 6. The molecule has 118 valence electrons. The first kappa shape index (κ1) is 16.5. The lowest BCUT2D eigenvalue weighted by Gasteiger charge is -2.10. The molecule has 8 heteroatoms. The molecule has 0 bridgehead atoms. The van der Waals surface area contributed by atoms with Crippen LogP contribution in [-0.2, 0) is 16.6 Å². The maximum absolute atomic E-state index is 12.2. The fourth-order valence-corrected chi connectivity index (χ4v) is 2.97. The van der Waals surface area contributed by atoms with Gasteiger partial charge in [-0.1, -0.05) is 0 Å². The van der Waals surface area contributed by atoms with Gasteiger partial charge >= 0.3 is 0 Å². The number of nitrogens with one attached hydrogen (secondary N) is 3. The van der Waals surface area contributed by atoms with Gasteiger partial charge in [0, 0.05) is 12.2 Å². The number of hydrogen-bond acceptors (Lipinski definition) is 4. The first-order chi connectivity index (χ1) is 10.5. The number of anilines is 1. The van der Waals surface area contributed by atoms with Crippen molar-refractivity contribution in [1.29, 1.82) is 0 Å². The van der Waals surface area contributed by atoms with E-state index < -0.39 is 10.0 Å². The van der Waals surface area contributed by atoms with Crippen LogP contribution < -0.4 is 15.4 Å². The quantitative estimate of drug-likeness (QED) is 0.699. The van der Waals surface area contributed by atoms with E-state index in [0.29, 0.717) is 10.9 Å². The summed E-state index contributed by atoms with van der Waals surface area (Å²) in [5.74, 6) is 0.554. The van der Waals surface area contributed by atoms with Gasteiger partial charge in [0.1, 0.15) is 5.76 Å². The molecule has 1 aromatic heterocycles. The Morgan fingerprint density at radius 3 is 2.55 bits per heavy atom. The first-order valence-electron chi connectivity index (χ1n) is 6.68. The van der Waals surface area contributed by atoms with Crippen LogP contribution in [-0.4, -0.2) is 20.1 Å². The molecule has 22 heavy (non-hydrogen) atoms. The van der Waals surface area contributed by atoms with E-state index in [1.54, 1.807) is 24.3 Å². The minimum Gasteiger partial charge on any atom is -0.468 e. The molecule has 0 amide bonds. The highest BCUT2D eigenvalue weighted by atomic mass is 32.2. The zero-order valence-corrected chi connectivity index (χ0v) is 13.6. The van der Waals surface area contributed by atoms with Crippen LogP contribution in [0.5, 0.6) is 0 Å². The van der Waals surface area contributed by atoms with Crippen LogP contribution in [0.15, 0.2) is 52.0 Å². The topological polar surface area (TPSA) is 83.4 Å². The van der Waals surface area contributed by atoms with Gasteiger partial charge in [-0.25, -0.2) is 13.1 Å². The van der Waals surface area contributed by atoms with E-state index in [4.69, 9.17) is 16.6 Å². The van der Waals surface area contributed by atoms with Crippen LogP contribution >= 0.6 is 12.2 Å². The molecule has 0 fully saturated rings. The zero-order chi connectivity index (χ0) is 16.0. The number of hydrogen-bond donors (Lipinski definition) is 3. The Labute approximate surface area is 135 Å². The zero-order valence-electron chi connectivity index (χ0n) is 12.0. The third kappa shape index (κ3) is 4.55. The van der Waals surface area contributed by atoms with Gasteiger partial charge in [-0.2, -0.15) is 0 Å². The Bertz CT molecular complexity index is 710. The average Bonchev–Trinajstić information content (AvgIpc) is 2.99. The van der Waals surface area contributed by atoms with Crippen molar-refractivity contribution >= 4 is 33.0 Å². The van der Waals surface area contributed by atoms with Crippen LogP contribution in [0.3, 0.4) is 0 Å². The lowest BCUT2D eigenvalue weighted by Crippen LogP contribution is -2.28. The molecular weight excluding hydrogens is 322 g/mol. The summed E-state index contributed by atoms with van der Waals surface area (Å²) in [6, 6.07) is 9.76. The van der Waals surface area contributed by atoms with Crippen molar-refractivity contribution < 1.29 is 12.8 Å². The molecule has 0 saturated carbocycles. The van der Waals surface area contributed by atoms with Crippen LogP contribution in [0.1, 0.15) is 12.7 Å². The van der Waals surface area contributed by atoms with E-state index in [9.17, 15) is 8.42 Å². The van der Waals surface area contributed by atoms with Crippen molar-refractivity contribution in [3.63, 3.8) is 0 Å². The maximum Gasteiger partial charge on any atom is 0.240 e. The summed E-state index contributed by atoms with van der Waals surface area (Å²) >= 11 is 5.07. The van der Waals surface area contributed by atoms with E-state index in [0.717, 1.165) is 12.2 Å². The van der Waals surface area contributed by atoms with Gasteiger partial charge in [0.25, 0.3) is 0 Å². The van der Waals surface area contributed by atoms with Crippen molar-refractivity contribution in [3.8, 4) is 0 Å². The molecule has 1 aromatic carbocycles. The standard InChI is InChI=1S/C14H17N3O3S2/c1-2-15-14(21)17-11-5-7-13(8-6-11)22(18,19)16-10-12-4-3-9-20-12/h3-9,16H,2,10H2,1H3,(H2,15,17,21). The second-order valence-corrected chi connectivity index (χ2v) is 6.59. The third-order valence-electron chi connectivity index (χ3n) is 2.78. The van der Waals surface area contributed by atoms with E-state index in [1.807, 2.05) is 6.92 Å². The molecule has 0 aliphatic rings. The van der Waals surface area contributed by atoms with Crippen LogP contribution in [0.25, 0.3) is 0 Å². The summed E-state index contributed by atoms with van der Waals surface area (Å²) in [5.41, 5.74) is 0.718. The molecule has 0 aliphatic heterocycles. The molecule has 0 unspecified atom stereocenters. The second kappa shape index (κ2) is 7.39. The molecule has 1 heterocycles. The van der Waals surface area contributed by atoms with Crippen molar-refractivity contribution in [3.05, 3.63) is 48.4 Å². The summed E-state index contributed by atoms with van der Waals surface area (Å²) in [7, 11) is -3.58. The monoisotopic (exact) mass is 339 g/mol. The highest BCUT2D eigenvalue weighted by Gasteiger charge is 2.14. The van der Waals surface area contributed by atoms with Crippen LogP contribution in [0, 0.1) is 0 Å². The lowest BCUT2D eigenvalue weighted by molar-refractivity contribution is 0.498. The molecule has 0 radical (unpaired) electrons. The Morgan fingerprint density at radius 2 is 1.95 bits per heavy atom. The highest BCUT2D eigenvalue weighted by Crippen LogP contribution is 2.14. The Hall–Kier alpha value is -1.90.